The number of aromatic nitrogens is 2. The highest BCUT2D eigenvalue weighted by Gasteiger charge is 2.12. The number of carbonyl (C=O) groups is 1. The fraction of sp³-hybridized carbons (Fsp3) is 0.167. The van der Waals surface area contributed by atoms with Crippen molar-refractivity contribution in [3.8, 4) is 0 Å². The molecule has 3 aromatic rings. The van der Waals surface area contributed by atoms with Crippen molar-refractivity contribution in [2.24, 2.45) is 0 Å². The summed E-state index contributed by atoms with van der Waals surface area (Å²) < 4.78 is 0. The van der Waals surface area contributed by atoms with Crippen molar-refractivity contribution in [1.82, 2.24) is 9.97 Å². The number of nitrogens with one attached hydrogen (secondary N) is 2. The quantitative estimate of drug-likeness (QED) is 0.440. The Morgan fingerprint density at radius 1 is 1.08 bits per heavy atom. The molecule has 0 saturated carbocycles. The van der Waals surface area contributed by atoms with Gasteiger partial charge in [0.25, 0.3) is 0 Å². The van der Waals surface area contributed by atoms with Gasteiger partial charge in [0.15, 0.2) is 5.16 Å². The van der Waals surface area contributed by atoms with Crippen molar-refractivity contribution in [3.05, 3.63) is 52.5 Å². The SMILES string of the molecule is CCNc1nc(SCC(=O)Nc2c(Cl)cccc2Cl)nc2ccccc12. The first-order chi connectivity index (χ1) is 12.6. The molecule has 2 N–H and O–H groups in total. The van der Waals surface area contributed by atoms with Crippen LogP contribution in [0.4, 0.5) is 11.5 Å². The summed E-state index contributed by atoms with van der Waals surface area (Å²) in [7, 11) is 0. The van der Waals surface area contributed by atoms with E-state index in [1.165, 1.54) is 11.8 Å². The minimum Gasteiger partial charge on any atom is -0.370 e. The van der Waals surface area contributed by atoms with Gasteiger partial charge in [-0.2, -0.15) is 0 Å². The molecule has 0 bridgehead atoms. The lowest BCUT2D eigenvalue weighted by Gasteiger charge is -2.10. The number of fused-ring (bicyclic) bond motifs is 1. The number of halogens is 2. The van der Waals surface area contributed by atoms with Crippen molar-refractivity contribution < 1.29 is 4.79 Å². The summed E-state index contributed by atoms with van der Waals surface area (Å²) in [5.41, 5.74) is 1.24. The number of hydrogen-bond donors (Lipinski definition) is 2. The fourth-order valence-electron chi connectivity index (χ4n) is 2.34. The highest BCUT2D eigenvalue weighted by molar-refractivity contribution is 7.99. The second-order valence-corrected chi connectivity index (χ2v) is 7.09. The first-order valence-corrected chi connectivity index (χ1v) is 9.70. The third-order valence-corrected chi connectivity index (χ3v) is 4.96. The zero-order valence-electron chi connectivity index (χ0n) is 13.9. The van der Waals surface area contributed by atoms with Crippen LogP contribution >= 0.6 is 35.0 Å². The predicted molar refractivity (Wildman–Crippen MR) is 110 cm³/mol. The highest BCUT2D eigenvalue weighted by Crippen LogP contribution is 2.30. The van der Waals surface area contributed by atoms with Crippen molar-refractivity contribution in [2.45, 2.75) is 12.1 Å². The van der Waals surface area contributed by atoms with E-state index in [0.717, 1.165) is 23.3 Å². The number of carbonyl (C=O) groups excluding carboxylic acids is 1. The average molecular weight is 407 g/mol. The Kier molecular flexibility index (Phi) is 6.19. The molecule has 0 aliphatic rings. The molecule has 0 radical (unpaired) electrons. The van der Waals surface area contributed by atoms with Gasteiger partial charge >= 0.3 is 0 Å². The molecule has 2 aromatic carbocycles. The highest BCUT2D eigenvalue weighted by atomic mass is 35.5. The molecule has 1 amide bonds. The van der Waals surface area contributed by atoms with Crippen LogP contribution in [0.1, 0.15) is 6.92 Å². The molecule has 5 nitrogen and oxygen atoms in total. The first kappa shape index (κ1) is 18.8. The molecule has 1 aromatic heterocycles. The first-order valence-electron chi connectivity index (χ1n) is 7.95. The molecule has 0 saturated heterocycles. The van der Waals surface area contributed by atoms with Crippen LogP contribution in [-0.4, -0.2) is 28.2 Å². The maximum atomic E-state index is 12.2. The Morgan fingerprint density at radius 2 is 1.81 bits per heavy atom. The van der Waals surface area contributed by atoms with Gasteiger partial charge in [-0.3, -0.25) is 4.79 Å². The van der Waals surface area contributed by atoms with Crippen molar-refractivity contribution in [2.75, 3.05) is 22.9 Å². The number of thioether (sulfide) groups is 1. The maximum Gasteiger partial charge on any atom is 0.234 e. The van der Waals surface area contributed by atoms with Crippen LogP contribution in [-0.2, 0) is 4.79 Å². The Bertz CT molecular complexity index is 931. The normalized spacial score (nSPS) is 10.7. The Hall–Kier alpha value is -2.02. The van der Waals surface area contributed by atoms with E-state index in [2.05, 4.69) is 20.6 Å². The molecular formula is C18H16Cl2N4OS. The van der Waals surface area contributed by atoms with Crippen LogP contribution in [0.2, 0.25) is 10.0 Å². The van der Waals surface area contributed by atoms with Crippen LogP contribution in [0.5, 0.6) is 0 Å². The van der Waals surface area contributed by atoms with Gasteiger partial charge in [-0.05, 0) is 31.2 Å². The molecule has 0 fully saturated rings. The number of rotatable bonds is 6. The van der Waals surface area contributed by atoms with Gasteiger partial charge in [0, 0.05) is 11.9 Å². The predicted octanol–water partition coefficient (Wildman–Crippen LogP) is 5.10. The number of benzene rings is 2. The second kappa shape index (κ2) is 8.58. The third-order valence-electron chi connectivity index (χ3n) is 3.49. The lowest BCUT2D eigenvalue weighted by Crippen LogP contribution is -2.15. The van der Waals surface area contributed by atoms with Crippen LogP contribution in [0.25, 0.3) is 10.9 Å². The Balaban J connectivity index is 1.74. The number of hydrogen-bond acceptors (Lipinski definition) is 5. The van der Waals surface area contributed by atoms with E-state index in [9.17, 15) is 4.79 Å². The van der Waals surface area contributed by atoms with E-state index in [-0.39, 0.29) is 11.7 Å². The lowest BCUT2D eigenvalue weighted by atomic mass is 10.2. The molecule has 0 atom stereocenters. The van der Waals surface area contributed by atoms with Crippen LogP contribution in [0, 0.1) is 0 Å². The average Bonchev–Trinajstić information content (AvgIpc) is 2.63. The number of nitrogens with zero attached hydrogens (tertiary/aromatic N) is 2. The molecule has 1 heterocycles. The summed E-state index contributed by atoms with van der Waals surface area (Å²) in [6.45, 7) is 2.75. The minimum atomic E-state index is -0.230. The zero-order valence-corrected chi connectivity index (χ0v) is 16.3. The van der Waals surface area contributed by atoms with E-state index in [1.807, 2.05) is 31.2 Å². The molecular weight excluding hydrogens is 391 g/mol. The Morgan fingerprint density at radius 3 is 2.54 bits per heavy atom. The smallest absolute Gasteiger partial charge is 0.234 e. The molecule has 26 heavy (non-hydrogen) atoms. The summed E-state index contributed by atoms with van der Waals surface area (Å²) in [5.74, 6) is 0.674. The van der Waals surface area contributed by atoms with E-state index in [0.29, 0.717) is 20.9 Å². The largest absolute Gasteiger partial charge is 0.370 e. The van der Waals surface area contributed by atoms with E-state index in [1.54, 1.807) is 18.2 Å². The van der Waals surface area contributed by atoms with Gasteiger partial charge in [0.1, 0.15) is 5.82 Å². The number of anilines is 2. The summed E-state index contributed by atoms with van der Waals surface area (Å²) in [6, 6.07) is 12.8. The summed E-state index contributed by atoms with van der Waals surface area (Å²) in [4.78, 5) is 21.3. The number of para-hydroxylation sites is 2. The van der Waals surface area contributed by atoms with Gasteiger partial charge in [0.05, 0.1) is 27.0 Å². The third kappa shape index (κ3) is 4.38. The molecule has 0 aliphatic carbocycles. The monoisotopic (exact) mass is 406 g/mol. The molecule has 134 valence electrons. The van der Waals surface area contributed by atoms with E-state index < -0.39 is 0 Å². The standard InChI is InChI=1S/C18H16Cl2N4OS/c1-2-21-17-11-6-3-4-9-14(11)22-18(24-17)26-10-15(25)23-16-12(19)7-5-8-13(16)20/h3-9H,2,10H2,1H3,(H,23,25)(H,21,22,24). The molecule has 3 rings (SSSR count). The number of amides is 1. The van der Waals surface area contributed by atoms with Crippen LogP contribution in [0.3, 0.4) is 0 Å². The van der Waals surface area contributed by atoms with Gasteiger partial charge in [0.2, 0.25) is 5.91 Å². The summed E-state index contributed by atoms with van der Waals surface area (Å²) >= 11 is 13.4. The topological polar surface area (TPSA) is 66.9 Å². The minimum absolute atomic E-state index is 0.144. The fourth-order valence-corrected chi connectivity index (χ4v) is 3.49. The molecule has 0 spiro atoms. The van der Waals surface area contributed by atoms with Crippen molar-refractivity contribution >= 4 is 63.3 Å². The molecule has 8 heteroatoms. The van der Waals surface area contributed by atoms with Crippen molar-refractivity contribution in [1.29, 1.82) is 0 Å². The van der Waals surface area contributed by atoms with Gasteiger partial charge in [-0.15, -0.1) is 0 Å². The molecule has 0 unspecified atom stereocenters. The zero-order chi connectivity index (χ0) is 18.5. The maximum absolute atomic E-state index is 12.2. The molecule has 0 aliphatic heterocycles. The van der Waals surface area contributed by atoms with E-state index >= 15 is 0 Å². The summed E-state index contributed by atoms with van der Waals surface area (Å²) in [5, 5.41) is 8.23. The Labute approximate surface area is 165 Å². The van der Waals surface area contributed by atoms with Crippen molar-refractivity contribution in [3.63, 3.8) is 0 Å². The summed E-state index contributed by atoms with van der Waals surface area (Å²) in [6.07, 6.45) is 0. The lowest BCUT2D eigenvalue weighted by molar-refractivity contribution is -0.113. The van der Waals surface area contributed by atoms with Gasteiger partial charge in [-0.25, -0.2) is 9.97 Å². The van der Waals surface area contributed by atoms with Crippen LogP contribution < -0.4 is 10.6 Å². The van der Waals surface area contributed by atoms with Gasteiger partial charge < -0.3 is 10.6 Å². The van der Waals surface area contributed by atoms with E-state index in [4.69, 9.17) is 23.2 Å². The van der Waals surface area contributed by atoms with Gasteiger partial charge in [-0.1, -0.05) is 53.2 Å². The second-order valence-electron chi connectivity index (χ2n) is 5.34. The van der Waals surface area contributed by atoms with Crippen LogP contribution in [0.15, 0.2) is 47.6 Å².